The highest BCUT2D eigenvalue weighted by Crippen LogP contribution is 1.97. The van der Waals surface area contributed by atoms with Crippen LogP contribution in [0.4, 0.5) is 0 Å². The van der Waals surface area contributed by atoms with Gasteiger partial charge in [0.15, 0.2) is 0 Å². The van der Waals surface area contributed by atoms with Gasteiger partial charge in [0.05, 0.1) is 18.0 Å². The molecule has 0 aliphatic rings. The Morgan fingerprint density at radius 1 is 1.43 bits per heavy atom. The maximum atomic E-state index is 10.1. The zero-order valence-electron chi connectivity index (χ0n) is 8.95. The molecule has 0 aliphatic heterocycles. The molecule has 0 aromatic carbocycles. The van der Waals surface area contributed by atoms with Crippen LogP contribution in [0.25, 0.3) is 0 Å². The number of rotatable bonds is 9. The van der Waals surface area contributed by atoms with E-state index in [2.05, 4.69) is 16.4 Å². The molecule has 0 aliphatic carbocycles. The lowest BCUT2D eigenvalue weighted by Crippen LogP contribution is -2.31. The van der Waals surface area contributed by atoms with Crippen molar-refractivity contribution < 1.29 is 12.9 Å². The first-order valence-corrected chi connectivity index (χ1v) is 6.12. The second kappa shape index (κ2) is 9.58. The van der Waals surface area contributed by atoms with Gasteiger partial charge in [-0.25, -0.2) is 4.21 Å². The molecule has 0 spiro atoms. The average molecular weight is 222 g/mol. The van der Waals surface area contributed by atoms with Gasteiger partial charge in [-0.2, -0.15) is 0 Å². The van der Waals surface area contributed by atoms with Crippen molar-refractivity contribution in [3.8, 4) is 0 Å². The van der Waals surface area contributed by atoms with Crippen molar-refractivity contribution in [1.29, 1.82) is 0 Å². The maximum absolute atomic E-state index is 10.1. The summed E-state index contributed by atoms with van der Waals surface area (Å²) < 4.78 is 24.6. The number of unbranched alkanes of at least 4 members (excludes halogenated alkanes) is 3. The maximum Gasteiger partial charge on any atom is 0.0842 e. The fraction of sp³-hybridized carbons (Fsp3) is 1.00. The Bertz CT molecular complexity index is 155. The van der Waals surface area contributed by atoms with Gasteiger partial charge < -0.3 is 9.87 Å². The normalized spacial score (nSPS) is 15.4. The van der Waals surface area contributed by atoms with E-state index in [4.69, 9.17) is 0 Å². The molecule has 86 valence electrons. The van der Waals surface area contributed by atoms with E-state index in [1.54, 1.807) is 0 Å². The summed E-state index contributed by atoms with van der Waals surface area (Å²) >= 11 is -2.39. The van der Waals surface area contributed by atoms with Crippen LogP contribution in [0.5, 0.6) is 0 Å². The molecule has 0 aromatic rings. The molecule has 0 rings (SSSR count). The smallest absolute Gasteiger partial charge is 0.0842 e. The minimum absolute atomic E-state index is 0.0922. The zero-order chi connectivity index (χ0) is 10.8. The molecule has 0 saturated heterocycles. The zero-order valence-corrected chi connectivity index (χ0v) is 9.77. The van der Waals surface area contributed by atoms with Crippen LogP contribution in [0.1, 0.15) is 39.5 Å². The van der Waals surface area contributed by atoms with Gasteiger partial charge in [0, 0.05) is 6.04 Å². The Morgan fingerprint density at radius 2 is 2.14 bits per heavy atom. The van der Waals surface area contributed by atoms with Crippen molar-refractivity contribution in [1.82, 2.24) is 5.32 Å². The van der Waals surface area contributed by atoms with Gasteiger partial charge in [0.2, 0.25) is 0 Å². The second-order valence-electron chi connectivity index (χ2n) is 3.40. The number of hydrogen-bond donors (Lipinski definition) is 1. The van der Waals surface area contributed by atoms with Gasteiger partial charge in [-0.3, -0.25) is 4.18 Å². The van der Waals surface area contributed by atoms with E-state index in [1.165, 1.54) is 19.3 Å². The number of hydrogen-bond acceptors (Lipinski definition) is 4. The molecular formula is C9H20NO3S-. The lowest BCUT2D eigenvalue weighted by molar-refractivity contribution is 0.264. The molecule has 0 aromatic heterocycles. The first kappa shape index (κ1) is 14.0. The molecule has 4 nitrogen and oxygen atoms in total. The highest BCUT2D eigenvalue weighted by molar-refractivity contribution is 7.74. The molecule has 0 fully saturated rings. The van der Waals surface area contributed by atoms with Crippen molar-refractivity contribution in [3.05, 3.63) is 0 Å². The predicted octanol–water partition coefficient (Wildman–Crippen LogP) is 1.36. The summed E-state index contributed by atoms with van der Waals surface area (Å²) in [5.74, 6) is 0. The molecule has 1 N–H and O–H groups in total. The van der Waals surface area contributed by atoms with E-state index in [0.717, 1.165) is 13.0 Å². The van der Waals surface area contributed by atoms with Crippen molar-refractivity contribution >= 4 is 11.4 Å². The first-order valence-electron chi connectivity index (χ1n) is 5.12. The molecule has 0 amide bonds. The van der Waals surface area contributed by atoms with Crippen molar-refractivity contribution in [2.45, 2.75) is 45.6 Å². The summed E-state index contributed by atoms with van der Waals surface area (Å²) in [6.45, 7) is 5.22. The van der Waals surface area contributed by atoms with Gasteiger partial charge in [0.1, 0.15) is 0 Å². The molecule has 14 heavy (non-hydrogen) atoms. The Balaban J connectivity index is 3.18. The van der Waals surface area contributed by atoms with Crippen molar-refractivity contribution in [2.75, 3.05) is 13.2 Å². The first-order chi connectivity index (χ1) is 6.66. The third-order valence-electron chi connectivity index (χ3n) is 1.94. The minimum atomic E-state index is -2.39. The van der Waals surface area contributed by atoms with Crippen molar-refractivity contribution in [3.63, 3.8) is 0 Å². The quantitative estimate of drug-likeness (QED) is 0.472. The van der Waals surface area contributed by atoms with Crippen LogP contribution >= 0.6 is 0 Å². The van der Waals surface area contributed by atoms with E-state index in [1.807, 2.05) is 6.92 Å². The summed E-state index contributed by atoms with van der Waals surface area (Å²) in [5.41, 5.74) is 0. The summed E-state index contributed by atoms with van der Waals surface area (Å²) in [7, 11) is 0. The second-order valence-corrected chi connectivity index (χ2v) is 4.05. The molecule has 5 heteroatoms. The average Bonchev–Trinajstić information content (AvgIpc) is 2.14. The van der Waals surface area contributed by atoms with Gasteiger partial charge in [-0.15, -0.1) is 0 Å². The van der Waals surface area contributed by atoms with Crippen LogP contribution in [-0.2, 0) is 15.5 Å². The van der Waals surface area contributed by atoms with Gasteiger partial charge >= 0.3 is 0 Å². The highest BCUT2D eigenvalue weighted by atomic mass is 32.2. The number of nitrogens with one attached hydrogen (secondary N) is 1. The van der Waals surface area contributed by atoms with Crippen LogP contribution in [-0.4, -0.2) is 28.0 Å². The summed E-state index contributed by atoms with van der Waals surface area (Å²) in [5, 5.41) is 3.20. The van der Waals surface area contributed by atoms with Gasteiger partial charge in [-0.05, 0) is 19.9 Å². The van der Waals surface area contributed by atoms with E-state index >= 15 is 0 Å². The summed E-state index contributed by atoms with van der Waals surface area (Å²) in [4.78, 5) is 0. The lowest BCUT2D eigenvalue weighted by atomic mass is 10.2. The third-order valence-corrected chi connectivity index (χ3v) is 2.27. The van der Waals surface area contributed by atoms with E-state index in [9.17, 15) is 8.76 Å². The minimum Gasteiger partial charge on any atom is -0.750 e. The Hall–Kier alpha value is 0.0300. The molecule has 0 saturated carbocycles. The molecule has 2 unspecified atom stereocenters. The SMILES string of the molecule is CCCCCCNC(C)COS(=O)[O-]. The molecule has 0 bridgehead atoms. The van der Waals surface area contributed by atoms with E-state index in [0.29, 0.717) is 0 Å². The highest BCUT2D eigenvalue weighted by Gasteiger charge is 2.00. The Morgan fingerprint density at radius 3 is 2.71 bits per heavy atom. The molecule has 0 radical (unpaired) electrons. The lowest BCUT2D eigenvalue weighted by Gasteiger charge is -2.14. The van der Waals surface area contributed by atoms with E-state index < -0.39 is 11.4 Å². The van der Waals surface area contributed by atoms with Gasteiger partial charge in [0.25, 0.3) is 0 Å². The van der Waals surface area contributed by atoms with E-state index in [-0.39, 0.29) is 12.6 Å². The largest absolute Gasteiger partial charge is 0.750 e. The predicted molar refractivity (Wildman–Crippen MR) is 56.5 cm³/mol. The monoisotopic (exact) mass is 222 g/mol. The van der Waals surface area contributed by atoms with Gasteiger partial charge in [-0.1, -0.05) is 26.2 Å². The van der Waals surface area contributed by atoms with Crippen LogP contribution < -0.4 is 5.32 Å². The molecule has 2 atom stereocenters. The molecular weight excluding hydrogens is 202 g/mol. The van der Waals surface area contributed by atoms with Crippen LogP contribution in [0.15, 0.2) is 0 Å². The fourth-order valence-corrected chi connectivity index (χ4v) is 1.43. The van der Waals surface area contributed by atoms with Crippen LogP contribution in [0.3, 0.4) is 0 Å². The topological polar surface area (TPSA) is 61.4 Å². The summed E-state index contributed by atoms with van der Waals surface area (Å²) in [6, 6.07) is 0.0922. The Labute approximate surface area is 88.9 Å². The fourth-order valence-electron chi connectivity index (χ4n) is 1.12. The van der Waals surface area contributed by atoms with Crippen LogP contribution in [0, 0.1) is 0 Å². The van der Waals surface area contributed by atoms with Crippen LogP contribution in [0.2, 0.25) is 0 Å². The van der Waals surface area contributed by atoms with Crippen molar-refractivity contribution in [2.24, 2.45) is 0 Å². The summed E-state index contributed by atoms with van der Waals surface area (Å²) in [6.07, 6.45) is 4.86. The Kier molecular flexibility index (Phi) is 9.60. The molecule has 0 heterocycles. The standard InChI is InChI=1S/C9H21NO3S/c1-3-4-5-6-7-10-9(2)8-13-14(11)12/h9-10H,3-8H2,1-2H3,(H,11,12)/p-1. The third kappa shape index (κ3) is 10.1.